The van der Waals surface area contributed by atoms with E-state index in [0.29, 0.717) is 17.1 Å². The van der Waals surface area contributed by atoms with Crippen LogP contribution in [-0.2, 0) is 12.8 Å². The van der Waals surface area contributed by atoms with Crippen LogP contribution in [0.3, 0.4) is 0 Å². The molecule has 2 aromatic rings. The maximum Gasteiger partial charge on any atom is 0.292 e. The Morgan fingerprint density at radius 1 is 1.22 bits per heavy atom. The standard InChI is InChI=1S/C14H15N2O2/c1-10-14(11-6-3-2-4-7-11)16(18)13-9-5-8-12(13)15(10)17/h2-4,6-7,17H,5,8-9H2,1H3/q+1. The van der Waals surface area contributed by atoms with Gasteiger partial charge in [-0.1, -0.05) is 18.2 Å². The Balaban J connectivity index is 2.35. The molecule has 18 heavy (non-hydrogen) atoms. The van der Waals surface area contributed by atoms with Gasteiger partial charge in [0.2, 0.25) is 0 Å². The van der Waals surface area contributed by atoms with Crippen molar-refractivity contribution in [1.82, 2.24) is 4.73 Å². The normalized spacial score (nSPS) is 13.6. The maximum atomic E-state index is 12.4. The van der Waals surface area contributed by atoms with Crippen molar-refractivity contribution < 1.29 is 9.63 Å². The van der Waals surface area contributed by atoms with E-state index in [0.717, 1.165) is 34.9 Å². The van der Waals surface area contributed by atoms with Gasteiger partial charge in [-0.3, -0.25) is 0 Å². The highest BCUT2D eigenvalue weighted by Crippen LogP contribution is 2.24. The predicted molar refractivity (Wildman–Crippen MR) is 67.2 cm³/mol. The number of hydrogen-bond acceptors (Lipinski definition) is 2. The van der Waals surface area contributed by atoms with Gasteiger partial charge in [0.15, 0.2) is 0 Å². The van der Waals surface area contributed by atoms with Gasteiger partial charge < -0.3 is 5.21 Å². The Morgan fingerprint density at radius 2 is 1.94 bits per heavy atom. The first-order chi connectivity index (χ1) is 8.70. The van der Waals surface area contributed by atoms with E-state index in [1.165, 1.54) is 4.73 Å². The minimum absolute atomic E-state index is 0.541. The molecule has 1 aromatic carbocycles. The summed E-state index contributed by atoms with van der Waals surface area (Å²) < 4.78 is 2.17. The van der Waals surface area contributed by atoms with E-state index in [4.69, 9.17) is 0 Å². The molecule has 0 spiro atoms. The van der Waals surface area contributed by atoms with Crippen LogP contribution in [0.1, 0.15) is 23.5 Å². The van der Waals surface area contributed by atoms with E-state index < -0.39 is 0 Å². The molecule has 1 aromatic heterocycles. The molecule has 1 aliphatic rings. The zero-order valence-electron chi connectivity index (χ0n) is 10.3. The van der Waals surface area contributed by atoms with Gasteiger partial charge in [-0.2, -0.15) is 4.73 Å². The summed E-state index contributed by atoms with van der Waals surface area (Å²) >= 11 is 0. The van der Waals surface area contributed by atoms with Crippen molar-refractivity contribution in [3.05, 3.63) is 52.3 Å². The first kappa shape index (κ1) is 11.0. The van der Waals surface area contributed by atoms with E-state index >= 15 is 0 Å². The lowest BCUT2D eigenvalue weighted by Crippen LogP contribution is -2.29. The number of nitrogens with zero attached hydrogens (tertiary/aromatic N) is 2. The summed E-state index contributed by atoms with van der Waals surface area (Å²) in [5.74, 6) is 0. The first-order valence-corrected chi connectivity index (χ1v) is 6.14. The summed E-state index contributed by atoms with van der Waals surface area (Å²) in [5.41, 5.74) is 3.42. The Hall–Kier alpha value is -2.10. The largest absolute Gasteiger partial charge is 0.428 e. The third-order valence-electron chi connectivity index (χ3n) is 3.57. The van der Waals surface area contributed by atoms with Crippen LogP contribution in [0.4, 0.5) is 0 Å². The van der Waals surface area contributed by atoms with Gasteiger partial charge >= 0.3 is 0 Å². The SMILES string of the molecule is Cc1c(-c2ccccc2)[n+](=O)c2c(n1O)CCC2. The minimum atomic E-state index is 0.541. The van der Waals surface area contributed by atoms with Crippen molar-refractivity contribution in [2.45, 2.75) is 26.2 Å². The number of hydrogen-bond donors (Lipinski definition) is 1. The van der Waals surface area contributed by atoms with Crippen molar-refractivity contribution in [2.75, 3.05) is 0 Å². The van der Waals surface area contributed by atoms with Crippen LogP contribution in [0.15, 0.2) is 30.3 Å². The molecule has 0 atom stereocenters. The van der Waals surface area contributed by atoms with E-state index in [9.17, 15) is 10.1 Å². The molecule has 0 unspecified atom stereocenters. The van der Waals surface area contributed by atoms with Crippen molar-refractivity contribution in [2.24, 2.45) is 0 Å². The van der Waals surface area contributed by atoms with Crippen LogP contribution >= 0.6 is 0 Å². The van der Waals surface area contributed by atoms with Crippen LogP contribution < -0.4 is 4.43 Å². The Labute approximate surface area is 105 Å². The topological polar surface area (TPSA) is 48.1 Å². The van der Waals surface area contributed by atoms with Crippen LogP contribution in [0, 0.1) is 11.8 Å². The highest BCUT2D eigenvalue weighted by Gasteiger charge is 2.31. The van der Waals surface area contributed by atoms with Crippen molar-refractivity contribution in [3.63, 3.8) is 0 Å². The quantitative estimate of drug-likeness (QED) is 0.616. The molecule has 0 bridgehead atoms. The zero-order chi connectivity index (χ0) is 12.7. The number of rotatable bonds is 1. The molecule has 0 fully saturated rings. The number of benzene rings is 1. The van der Waals surface area contributed by atoms with E-state index in [1.807, 2.05) is 30.3 Å². The van der Waals surface area contributed by atoms with Crippen LogP contribution in [-0.4, -0.2) is 9.94 Å². The molecule has 0 saturated heterocycles. The van der Waals surface area contributed by atoms with Gasteiger partial charge in [-0.15, -0.1) is 0 Å². The molecule has 3 rings (SSSR count). The lowest BCUT2D eigenvalue weighted by Gasteiger charge is -2.07. The monoisotopic (exact) mass is 243 g/mol. The summed E-state index contributed by atoms with van der Waals surface area (Å²) in [6.07, 6.45) is 2.43. The molecule has 1 aliphatic carbocycles. The fourth-order valence-corrected chi connectivity index (χ4v) is 2.67. The second-order valence-electron chi connectivity index (χ2n) is 4.65. The van der Waals surface area contributed by atoms with Gasteiger partial charge in [0.1, 0.15) is 11.4 Å². The highest BCUT2D eigenvalue weighted by molar-refractivity contribution is 5.58. The van der Waals surface area contributed by atoms with E-state index in [2.05, 4.69) is 0 Å². The van der Waals surface area contributed by atoms with E-state index in [1.54, 1.807) is 6.92 Å². The lowest BCUT2D eigenvalue weighted by atomic mass is 10.1. The summed E-state index contributed by atoms with van der Waals surface area (Å²) in [7, 11) is 0. The summed E-state index contributed by atoms with van der Waals surface area (Å²) in [6, 6.07) is 9.47. The third kappa shape index (κ3) is 1.45. The first-order valence-electron chi connectivity index (χ1n) is 6.14. The van der Waals surface area contributed by atoms with Gasteiger partial charge in [-0.25, -0.2) is 0 Å². The zero-order valence-corrected chi connectivity index (χ0v) is 10.3. The molecule has 0 saturated carbocycles. The average Bonchev–Trinajstić information content (AvgIpc) is 2.87. The predicted octanol–water partition coefficient (Wildman–Crippen LogP) is 2.10. The Bertz CT molecular complexity index is 660. The molecular formula is C14H15N2O2+. The molecule has 0 amide bonds. The van der Waals surface area contributed by atoms with Crippen LogP contribution in [0.25, 0.3) is 11.3 Å². The average molecular weight is 243 g/mol. The fourth-order valence-electron chi connectivity index (χ4n) is 2.67. The minimum Gasteiger partial charge on any atom is -0.428 e. The maximum absolute atomic E-state index is 12.4. The summed E-state index contributed by atoms with van der Waals surface area (Å²) in [5, 5.41) is 10.1. The third-order valence-corrected chi connectivity index (χ3v) is 3.57. The van der Waals surface area contributed by atoms with Crippen LogP contribution in [0.2, 0.25) is 0 Å². The Morgan fingerprint density at radius 3 is 2.67 bits per heavy atom. The molecule has 1 heterocycles. The molecular weight excluding hydrogens is 228 g/mol. The second-order valence-corrected chi connectivity index (χ2v) is 4.65. The second kappa shape index (κ2) is 3.98. The lowest BCUT2D eigenvalue weighted by molar-refractivity contribution is -0.494. The molecule has 92 valence electrons. The van der Waals surface area contributed by atoms with Gasteiger partial charge in [0.05, 0.1) is 9.99 Å². The van der Waals surface area contributed by atoms with Crippen molar-refractivity contribution in [3.8, 4) is 11.3 Å². The van der Waals surface area contributed by atoms with Gasteiger partial charge in [0, 0.05) is 11.3 Å². The van der Waals surface area contributed by atoms with Crippen molar-refractivity contribution in [1.29, 1.82) is 0 Å². The Kier molecular flexibility index (Phi) is 2.44. The number of aromatic nitrogens is 2. The van der Waals surface area contributed by atoms with E-state index in [-0.39, 0.29) is 0 Å². The fraction of sp³-hybridized carbons (Fsp3) is 0.286. The summed E-state index contributed by atoms with van der Waals surface area (Å²) in [6.45, 7) is 1.77. The number of fused-ring (bicyclic) bond motifs is 1. The van der Waals surface area contributed by atoms with Gasteiger partial charge in [0.25, 0.3) is 11.4 Å². The molecule has 0 radical (unpaired) electrons. The van der Waals surface area contributed by atoms with Crippen LogP contribution in [0.5, 0.6) is 0 Å². The molecule has 1 N–H and O–H groups in total. The summed E-state index contributed by atoms with van der Waals surface area (Å²) in [4.78, 5) is 12.4. The smallest absolute Gasteiger partial charge is 0.292 e. The molecule has 0 aliphatic heterocycles. The highest BCUT2D eigenvalue weighted by atomic mass is 16.5. The molecule has 4 heteroatoms. The van der Waals surface area contributed by atoms with Gasteiger partial charge in [-0.05, 0) is 31.9 Å². The van der Waals surface area contributed by atoms with Crippen molar-refractivity contribution >= 4 is 0 Å². The molecule has 4 nitrogen and oxygen atoms in total.